The van der Waals surface area contributed by atoms with E-state index in [9.17, 15) is 18.8 Å². The molecule has 0 spiro atoms. The van der Waals surface area contributed by atoms with Crippen molar-refractivity contribution in [2.24, 2.45) is 0 Å². The summed E-state index contributed by atoms with van der Waals surface area (Å²) < 4.78 is 14.8. The Labute approximate surface area is 147 Å². The van der Waals surface area contributed by atoms with Gasteiger partial charge < -0.3 is 0 Å². The Morgan fingerprint density at radius 1 is 1.00 bits per heavy atom. The van der Waals surface area contributed by atoms with Crippen LogP contribution in [0.2, 0.25) is 0 Å². The third-order valence-corrected chi connectivity index (χ3v) is 3.79. The monoisotopic (exact) mass is 354 g/mol. The maximum atomic E-state index is 13.6. The van der Waals surface area contributed by atoms with Crippen molar-refractivity contribution < 1.29 is 14.0 Å². The highest BCUT2D eigenvalue weighted by molar-refractivity contribution is 6.06. The van der Waals surface area contributed by atoms with Crippen LogP contribution in [0.3, 0.4) is 0 Å². The average molecular weight is 354 g/mol. The first-order chi connectivity index (χ1) is 12.5. The number of hydrogen-bond donors (Lipinski definition) is 2. The number of hydrogen-bond acceptors (Lipinski definition) is 4. The van der Waals surface area contributed by atoms with Crippen LogP contribution in [0.4, 0.5) is 4.39 Å². The van der Waals surface area contributed by atoms with Crippen molar-refractivity contribution >= 4 is 22.6 Å². The maximum absolute atomic E-state index is 13.6. The van der Waals surface area contributed by atoms with Crippen LogP contribution in [-0.2, 0) is 6.54 Å². The van der Waals surface area contributed by atoms with Crippen molar-refractivity contribution in [1.82, 2.24) is 20.6 Å². The molecule has 0 saturated heterocycles. The lowest BCUT2D eigenvalue weighted by atomic mass is 10.1. The van der Waals surface area contributed by atoms with Gasteiger partial charge in [0, 0.05) is 11.9 Å². The Hall–Kier alpha value is -3.55. The Kier molecular flexibility index (Phi) is 4.74. The van der Waals surface area contributed by atoms with Crippen LogP contribution in [0.15, 0.2) is 53.3 Å². The van der Waals surface area contributed by atoms with Gasteiger partial charge in [0.05, 0.1) is 10.9 Å². The van der Waals surface area contributed by atoms with Gasteiger partial charge in [0.2, 0.25) is 0 Å². The molecule has 0 radical (unpaired) electrons. The highest BCUT2D eigenvalue weighted by atomic mass is 19.1. The highest BCUT2D eigenvalue weighted by Gasteiger charge is 2.18. The average Bonchev–Trinajstić information content (AvgIpc) is 2.66. The molecule has 1 heterocycles. The predicted molar refractivity (Wildman–Crippen MR) is 93.0 cm³/mol. The van der Waals surface area contributed by atoms with Crippen LogP contribution in [0.1, 0.15) is 27.8 Å². The number of nitrogens with zero attached hydrogens (tertiary/aromatic N) is 2. The summed E-state index contributed by atoms with van der Waals surface area (Å²) in [6.45, 7) is 2.01. The van der Waals surface area contributed by atoms with E-state index in [1.807, 2.05) is 0 Å². The van der Waals surface area contributed by atoms with E-state index in [1.165, 1.54) is 18.2 Å². The fourth-order valence-electron chi connectivity index (χ4n) is 2.50. The van der Waals surface area contributed by atoms with Gasteiger partial charge in [-0.25, -0.2) is 9.07 Å². The van der Waals surface area contributed by atoms with Gasteiger partial charge in [-0.1, -0.05) is 30.3 Å². The summed E-state index contributed by atoms with van der Waals surface area (Å²) in [6.07, 6.45) is 0. The minimum absolute atomic E-state index is 0.0177. The Bertz CT molecular complexity index is 1060. The summed E-state index contributed by atoms with van der Waals surface area (Å²) in [4.78, 5) is 36.7. The third kappa shape index (κ3) is 3.16. The van der Waals surface area contributed by atoms with E-state index in [0.717, 1.165) is 10.7 Å². The van der Waals surface area contributed by atoms with E-state index in [0.29, 0.717) is 10.8 Å². The Morgan fingerprint density at radius 2 is 1.62 bits per heavy atom. The second-order valence-corrected chi connectivity index (χ2v) is 5.40. The highest BCUT2D eigenvalue weighted by Crippen LogP contribution is 2.13. The van der Waals surface area contributed by atoms with Gasteiger partial charge in [-0.3, -0.25) is 25.2 Å². The zero-order valence-corrected chi connectivity index (χ0v) is 13.8. The normalized spacial score (nSPS) is 10.5. The molecule has 0 aliphatic carbocycles. The van der Waals surface area contributed by atoms with Crippen molar-refractivity contribution in [2.75, 3.05) is 0 Å². The van der Waals surface area contributed by atoms with Crippen molar-refractivity contribution in [1.29, 1.82) is 0 Å². The SMILES string of the molecule is CCn1nc(C(=O)NNC(=O)c2ccccc2F)c2ccccc2c1=O. The molecule has 2 amide bonds. The van der Waals surface area contributed by atoms with E-state index >= 15 is 0 Å². The summed E-state index contributed by atoms with van der Waals surface area (Å²) >= 11 is 0. The lowest BCUT2D eigenvalue weighted by Crippen LogP contribution is -2.43. The predicted octanol–water partition coefficient (Wildman–Crippen LogP) is 1.63. The standard InChI is InChI=1S/C18H15FN4O3/c1-2-23-18(26)12-8-4-3-7-11(12)15(22-23)17(25)21-20-16(24)13-9-5-6-10-14(13)19/h3-10H,2H2,1H3,(H,20,24)(H,21,25). The van der Waals surface area contributed by atoms with Crippen molar-refractivity contribution in [2.45, 2.75) is 13.5 Å². The number of rotatable bonds is 3. The molecule has 26 heavy (non-hydrogen) atoms. The molecule has 132 valence electrons. The molecule has 0 fully saturated rings. The van der Waals surface area contributed by atoms with Crippen molar-refractivity contribution in [3.63, 3.8) is 0 Å². The maximum Gasteiger partial charge on any atom is 0.290 e. The lowest BCUT2D eigenvalue weighted by molar-refractivity contribution is 0.0841. The minimum Gasteiger partial charge on any atom is -0.267 e. The molecule has 0 unspecified atom stereocenters. The second-order valence-electron chi connectivity index (χ2n) is 5.40. The fourth-order valence-corrected chi connectivity index (χ4v) is 2.50. The van der Waals surface area contributed by atoms with Gasteiger partial charge >= 0.3 is 0 Å². The lowest BCUT2D eigenvalue weighted by Gasteiger charge is -2.11. The molecule has 2 aromatic carbocycles. The van der Waals surface area contributed by atoms with E-state index in [2.05, 4.69) is 16.0 Å². The molecule has 2 N–H and O–H groups in total. The summed E-state index contributed by atoms with van der Waals surface area (Å²) in [6, 6.07) is 11.9. The molecule has 8 heteroatoms. The molecule has 0 atom stereocenters. The molecule has 0 aliphatic heterocycles. The molecular weight excluding hydrogens is 339 g/mol. The van der Waals surface area contributed by atoms with Crippen molar-refractivity contribution in [3.05, 3.63) is 76.0 Å². The summed E-state index contributed by atoms with van der Waals surface area (Å²) in [5, 5.41) is 4.76. The molecular formula is C18H15FN4O3. The number of halogens is 1. The quantitative estimate of drug-likeness (QED) is 0.699. The number of fused-ring (bicyclic) bond motifs is 1. The van der Waals surface area contributed by atoms with Gasteiger partial charge in [-0.05, 0) is 25.1 Å². The van der Waals surface area contributed by atoms with Gasteiger partial charge in [-0.15, -0.1) is 0 Å². The number of nitrogens with one attached hydrogen (secondary N) is 2. The van der Waals surface area contributed by atoms with Gasteiger partial charge in [0.25, 0.3) is 17.4 Å². The van der Waals surface area contributed by atoms with Crippen LogP contribution in [0.25, 0.3) is 10.8 Å². The third-order valence-electron chi connectivity index (χ3n) is 3.79. The Morgan fingerprint density at radius 3 is 2.31 bits per heavy atom. The van der Waals surface area contributed by atoms with Crippen LogP contribution in [0.5, 0.6) is 0 Å². The second kappa shape index (κ2) is 7.14. The smallest absolute Gasteiger partial charge is 0.267 e. The number of aromatic nitrogens is 2. The topological polar surface area (TPSA) is 93.1 Å². The first-order valence-electron chi connectivity index (χ1n) is 7.88. The number of hydrazine groups is 1. The molecule has 1 aromatic heterocycles. The van der Waals surface area contributed by atoms with Gasteiger partial charge in [0.1, 0.15) is 5.82 Å². The fraction of sp³-hybridized carbons (Fsp3) is 0.111. The van der Waals surface area contributed by atoms with Crippen LogP contribution in [-0.4, -0.2) is 21.6 Å². The first kappa shape index (κ1) is 17.3. The minimum atomic E-state index is -0.801. The summed E-state index contributed by atoms with van der Waals surface area (Å²) in [5.74, 6) is -2.22. The Balaban J connectivity index is 1.89. The summed E-state index contributed by atoms with van der Waals surface area (Å²) in [7, 11) is 0. The van der Waals surface area contributed by atoms with E-state index < -0.39 is 17.6 Å². The van der Waals surface area contributed by atoms with E-state index in [1.54, 1.807) is 31.2 Å². The number of amides is 2. The number of aryl methyl sites for hydroxylation is 1. The molecule has 3 rings (SSSR count). The molecule has 0 bridgehead atoms. The van der Waals surface area contributed by atoms with Crippen LogP contribution < -0.4 is 16.4 Å². The molecule has 3 aromatic rings. The number of benzene rings is 2. The summed E-state index contributed by atoms with van der Waals surface area (Å²) in [5.41, 5.74) is 3.82. The van der Waals surface area contributed by atoms with Crippen molar-refractivity contribution in [3.8, 4) is 0 Å². The number of carbonyl (C=O) groups is 2. The molecule has 0 saturated carbocycles. The van der Waals surface area contributed by atoms with Gasteiger partial charge in [-0.2, -0.15) is 5.10 Å². The van der Waals surface area contributed by atoms with Gasteiger partial charge in [0.15, 0.2) is 5.69 Å². The van der Waals surface area contributed by atoms with E-state index in [4.69, 9.17) is 0 Å². The van der Waals surface area contributed by atoms with E-state index in [-0.39, 0.29) is 23.4 Å². The molecule has 7 nitrogen and oxygen atoms in total. The first-order valence-corrected chi connectivity index (χ1v) is 7.88. The molecule has 0 aliphatic rings. The zero-order valence-electron chi connectivity index (χ0n) is 13.8. The van der Waals surface area contributed by atoms with Crippen LogP contribution >= 0.6 is 0 Å². The largest absolute Gasteiger partial charge is 0.290 e. The zero-order chi connectivity index (χ0) is 18.7. The number of carbonyl (C=O) groups excluding carboxylic acids is 2. The van der Waals surface area contributed by atoms with Crippen LogP contribution in [0, 0.1) is 5.82 Å².